The summed E-state index contributed by atoms with van der Waals surface area (Å²) in [5, 5.41) is 30.6. The molecule has 7 nitrogen and oxygen atoms in total. The van der Waals surface area contributed by atoms with E-state index in [1.165, 1.54) is 11.8 Å². The molecule has 0 aliphatic carbocycles. The summed E-state index contributed by atoms with van der Waals surface area (Å²) in [5.41, 5.74) is 3.59. The fourth-order valence-corrected chi connectivity index (χ4v) is 4.59. The predicted molar refractivity (Wildman–Crippen MR) is 138 cm³/mol. The molecule has 3 aromatic carbocycles. The van der Waals surface area contributed by atoms with Crippen LogP contribution < -0.4 is 0 Å². The number of halogens is 1. The third-order valence-corrected chi connectivity index (χ3v) is 6.60. The Morgan fingerprint density at radius 1 is 1.00 bits per heavy atom. The lowest BCUT2D eigenvalue weighted by Crippen LogP contribution is -2.05. The molecule has 2 aromatic heterocycles. The first-order valence-electron chi connectivity index (χ1n) is 10.8. The quantitative estimate of drug-likeness (QED) is 0.159. The van der Waals surface area contributed by atoms with Gasteiger partial charge < -0.3 is 10.1 Å². The monoisotopic (exact) mass is 498 g/mol. The van der Waals surface area contributed by atoms with E-state index in [9.17, 15) is 10.4 Å². The second-order valence-corrected chi connectivity index (χ2v) is 9.09. The first-order chi connectivity index (χ1) is 17.1. The van der Waals surface area contributed by atoms with E-state index in [1.807, 2.05) is 83.4 Å². The normalized spacial score (nSPS) is 11.9. The molecule has 0 radical (unpaired) electrons. The fourth-order valence-electron chi connectivity index (χ4n) is 3.65. The van der Waals surface area contributed by atoms with E-state index in [2.05, 4.69) is 26.2 Å². The van der Waals surface area contributed by atoms with E-state index in [-0.39, 0.29) is 17.1 Å². The molecule has 172 valence electrons. The van der Waals surface area contributed by atoms with Gasteiger partial charge in [0, 0.05) is 10.6 Å². The van der Waals surface area contributed by atoms with Crippen molar-refractivity contribution < 1.29 is 5.11 Å². The molecule has 0 saturated carbocycles. The van der Waals surface area contributed by atoms with Gasteiger partial charge in [-0.1, -0.05) is 65.8 Å². The Hall–Kier alpha value is -4.06. The van der Waals surface area contributed by atoms with Crippen molar-refractivity contribution >= 4 is 40.0 Å². The highest BCUT2D eigenvalue weighted by Gasteiger charge is 2.18. The highest BCUT2D eigenvalue weighted by molar-refractivity contribution is 7.99. The van der Waals surface area contributed by atoms with Crippen LogP contribution in [0.4, 0.5) is 0 Å². The summed E-state index contributed by atoms with van der Waals surface area (Å²) >= 11 is 7.37. The fraction of sp³-hybridized carbons (Fsp3) is 0.0769. The van der Waals surface area contributed by atoms with Crippen molar-refractivity contribution in [3.8, 4) is 17.5 Å². The number of fused-ring (bicyclic) bond motifs is 1. The number of nitrogens with one attached hydrogen (secondary N) is 1. The number of hydrogen-bond donors (Lipinski definition) is 2. The second-order valence-electron chi connectivity index (χ2n) is 7.71. The van der Waals surface area contributed by atoms with E-state index in [0.29, 0.717) is 28.4 Å². The van der Waals surface area contributed by atoms with Gasteiger partial charge in [-0.25, -0.2) is 4.98 Å². The molecule has 0 saturated heterocycles. The minimum Gasteiger partial charge on any atom is -0.510 e. The molecule has 2 N–H and O–H groups in total. The van der Waals surface area contributed by atoms with Crippen molar-refractivity contribution in [3.05, 3.63) is 101 Å². The molecule has 0 aliphatic heterocycles. The number of rotatable bonds is 7. The first kappa shape index (κ1) is 22.7. The maximum Gasteiger partial charge on any atom is 0.192 e. The maximum absolute atomic E-state index is 10.8. The van der Waals surface area contributed by atoms with Gasteiger partial charge in [-0.05, 0) is 42.0 Å². The number of H-pyrrole nitrogens is 1. The molecule has 2 heterocycles. The SMILES string of the molecule is N#CC(=C(O)CSc1nnc(-c2ccc(Cl)cc2)n1Cc1ccccc1)c1nc2ccccc2[nH]1. The number of aromatic amines is 1. The van der Waals surface area contributed by atoms with Crippen LogP contribution >= 0.6 is 23.4 Å². The average Bonchev–Trinajstić information content (AvgIpc) is 3.48. The van der Waals surface area contributed by atoms with Gasteiger partial charge in [0.05, 0.1) is 23.3 Å². The molecule has 5 rings (SSSR count). The third-order valence-electron chi connectivity index (χ3n) is 5.37. The maximum atomic E-state index is 10.8. The van der Waals surface area contributed by atoms with Crippen molar-refractivity contribution in [2.45, 2.75) is 11.7 Å². The van der Waals surface area contributed by atoms with Crippen LogP contribution in [-0.2, 0) is 6.54 Å². The molecule has 5 aromatic rings. The highest BCUT2D eigenvalue weighted by atomic mass is 35.5. The molecule has 0 unspecified atom stereocenters. The van der Waals surface area contributed by atoms with Crippen molar-refractivity contribution in [3.63, 3.8) is 0 Å². The smallest absolute Gasteiger partial charge is 0.192 e. The Bertz CT molecular complexity index is 1520. The molecule has 9 heteroatoms. The van der Waals surface area contributed by atoms with Gasteiger partial charge in [0.15, 0.2) is 16.8 Å². The molecular weight excluding hydrogens is 480 g/mol. The van der Waals surface area contributed by atoms with Crippen LogP contribution in [0.15, 0.2) is 89.8 Å². The minimum atomic E-state index is -0.0844. The summed E-state index contributed by atoms with van der Waals surface area (Å²) < 4.78 is 1.99. The summed E-state index contributed by atoms with van der Waals surface area (Å²) in [6.07, 6.45) is 0. The van der Waals surface area contributed by atoms with E-state index in [0.717, 1.165) is 22.2 Å². The zero-order valence-electron chi connectivity index (χ0n) is 18.4. The number of hydrogen-bond acceptors (Lipinski definition) is 6. The summed E-state index contributed by atoms with van der Waals surface area (Å²) in [5.74, 6) is 1.07. The number of benzene rings is 3. The molecule has 0 fully saturated rings. The Morgan fingerprint density at radius 2 is 1.74 bits per heavy atom. The number of thioether (sulfide) groups is 1. The lowest BCUT2D eigenvalue weighted by atomic mass is 10.2. The molecule has 0 aliphatic rings. The van der Waals surface area contributed by atoms with Gasteiger partial charge in [-0.2, -0.15) is 5.26 Å². The van der Waals surface area contributed by atoms with Crippen molar-refractivity contribution in [1.82, 2.24) is 24.7 Å². The molecule has 0 spiro atoms. The largest absolute Gasteiger partial charge is 0.510 e. The van der Waals surface area contributed by atoms with Crippen LogP contribution in [-0.4, -0.2) is 35.6 Å². The van der Waals surface area contributed by atoms with Gasteiger partial charge in [0.2, 0.25) is 0 Å². The van der Waals surface area contributed by atoms with Crippen molar-refractivity contribution in [2.75, 3.05) is 5.75 Å². The number of nitriles is 1. The van der Waals surface area contributed by atoms with Crippen LogP contribution in [0, 0.1) is 11.3 Å². The molecule has 0 amide bonds. The van der Waals surface area contributed by atoms with Crippen molar-refractivity contribution in [2.24, 2.45) is 0 Å². The van der Waals surface area contributed by atoms with Gasteiger partial charge in [0.25, 0.3) is 0 Å². The van der Waals surface area contributed by atoms with Crippen molar-refractivity contribution in [1.29, 1.82) is 5.26 Å². The van der Waals surface area contributed by atoms with Gasteiger partial charge >= 0.3 is 0 Å². The first-order valence-corrected chi connectivity index (χ1v) is 12.1. The van der Waals surface area contributed by atoms with Crippen LogP contribution in [0.3, 0.4) is 0 Å². The standard InChI is InChI=1S/C26H19ClN6OS/c27-19-12-10-18(11-13-19)25-31-32-26(33(25)15-17-6-2-1-3-7-17)35-16-23(34)20(14-28)24-29-21-8-4-5-9-22(21)30-24/h1-13,34H,15-16H2,(H,29,30). The predicted octanol–water partition coefficient (Wildman–Crippen LogP) is 6.11. The topological polar surface area (TPSA) is 103 Å². The zero-order chi connectivity index (χ0) is 24.2. The zero-order valence-corrected chi connectivity index (χ0v) is 20.0. The summed E-state index contributed by atoms with van der Waals surface area (Å²) in [7, 11) is 0. The lowest BCUT2D eigenvalue weighted by molar-refractivity contribution is 0.420. The van der Waals surface area contributed by atoms with E-state index in [1.54, 1.807) is 0 Å². The summed E-state index contributed by atoms with van der Waals surface area (Å²) in [6, 6.07) is 27.0. The summed E-state index contributed by atoms with van der Waals surface area (Å²) in [6.45, 7) is 0.549. The minimum absolute atomic E-state index is 0.0844. The number of nitrogens with zero attached hydrogens (tertiary/aromatic N) is 5. The Balaban J connectivity index is 1.46. The molecular formula is C26H19ClN6OS. The Morgan fingerprint density at radius 3 is 2.49 bits per heavy atom. The van der Waals surface area contributed by atoms with Crippen LogP contribution in [0.5, 0.6) is 0 Å². The number of para-hydroxylation sites is 2. The average molecular weight is 499 g/mol. The molecule has 0 bridgehead atoms. The highest BCUT2D eigenvalue weighted by Crippen LogP contribution is 2.28. The lowest BCUT2D eigenvalue weighted by Gasteiger charge is -2.11. The Labute approximate surface area is 210 Å². The third kappa shape index (κ3) is 4.92. The van der Waals surface area contributed by atoms with E-state index >= 15 is 0 Å². The van der Waals surface area contributed by atoms with Crippen LogP contribution in [0.2, 0.25) is 5.02 Å². The van der Waals surface area contributed by atoms with Crippen LogP contribution in [0.1, 0.15) is 11.4 Å². The van der Waals surface area contributed by atoms with Gasteiger partial charge in [-0.15, -0.1) is 10.2 Å². The van der Waals surface area contributed by atoms with E-state index < -0.39 is 0 Å². The second kappa shape index (κ2) is 10.1. The molecule has 35 heavy (non-hydrogen) atoms. The van der Waals surface area contributed by atoms with Gasteiger partial charge in [-0.3, -0.25) is 4.57 Å². The van der Waals surface area contributed by atoms with Crippen LogP contribution in [0.25, 0.3) is 28.0 Å². The number of imidazole rings is 1. The Kier molecular flexibility index (Phi) is 6.53. The van der Waals surface area contributed by atoms with E-state index in [4.69, 9.17) is 11.6 Å². The number of aliphatic hydroxyl groups excluding tert-OH is 1. The van der Waals surface area contributed by atoms with Gasteiger partial charge in [0.1, 0.15) is 17.4 Å². The summed E-state index contributed by atoms with van der Waals surface area (Å²) in [4.78, 5) is 7.53. The molecule has 0 atom stereocenters. The number of allylic oxidation sites excluding steroid dienone is 1. The number of aliphatic hydroxyl groups is 1. The number of aromatic nitrogens is 5.